The van der Waals surface area contributed by atoms with Crippen molar-refractivity contribution >= 4 is 17.5 Å². The van der Waals surface area contributed by atoms with Crippen molar-refractivity contribution in [3.05, 3.63) is 64.7 Å². The molecule has 2 aromatic rings. The number of carbonyl (C=O) groups is 1. The van der Waals surface area contributed by atoms with Crippen molar-refractivity contribution in [1.29, 1.82) is 0 Å². The Balaban J connectivity index is 1.75. The average molecular weight is 432 g/mol. The van der Waals surface area contributed by atoms with Crippen LogP contribution < -0.4 is 15.0 Å². The normalized spacial score (nSPS) is 16.8. The van der Waals surface area contributed by atoms with Gasteiger partial charge in [0.05, 0.1) is 32.8 Å². The van der Waals surface area contributed by atoms with Gasteiger partial charge in [0.2, 0.25) is 5.91 Å². The average Bonchev–Trinajstić information content (AvgIpc) is 2.76. The summed E-state index contributed by atoms with van der Waals surface area (Å²) in [6.07, 6.45) is 0. The molecule has 0 saturated carbocycles. The number of benzene rings is 2. The number of amides is 1. The fourth-order valence-electron chi connectivity index (χ4n) is 4.14. The second kappa shape index (κ2) is 10.8. The summed E-state index contributed by atoms with van der Waals surface area (Å²) in [6, 6.07) is 15.9. The van der Waals surface area contributed by atoms with E-state index in [0.717, 1.165) is 37.6 Å². The maximum Gasteiger partial charge on any atom is 0.228 e. The first-order valence-electron chi connectivity index (χ1n) is 10.6. The number of hydrogen-bond acceptors (Lipinski definition) is 3. The molecule has 1 aliphatic rings. The van der Waals surface area contributed by atoms with Gasteiger partial charge in [0.25, 0.3) is 0 Å². The summed E-state index contributed by atoms with van der Waals surface area (Å²) < 4.78 is 10.8. The summed E-state index contributed by atoms with van der Waals surface area (Å²) in [5.41, 5.74) is 2.19. The Bertz CT molecular complexity index is 802. The summed E-state index contributed by atoms with van der Waals surface area (Å²) in [4.78, 5) is 14.6. The van der Waals surface area contributed by atoms with E-state index in [1.54, 1.807) is 7.11 Å². The highest BCUT2D eigenvalue weighted by Crippen LogP contribution is 2.26. The number of hydrogen-bond donors (Lipinski definition) is 2. The van der Waals surface area contributed by atoms with Crippen LogP contribution in [0.25, 0.3) is 0 Å². The fourth-order valence-corrected chi connectivity index (χ4v) is 4.26. The first-order valence-corrected chi connectivity index (χ1v) is 11.0. The Morgan fingerprint density at radius 3 is 2.23 bits per heavy atom. The van der Waals surface area contributed by atoms with E-state index in [9.17, 15) is 4.79 Å². The molecule has 5 nitrogen and oxygen atoms in total. The van der Waals surface area contributed by atoms with Gasteiger partial charge in [0.15, 0.2) is 0 Å². The van der Waals surface area contributed by atoms with Gasteiger partial charge in [-0.05, 0) is 47.9 Å². The van der Waals surface area contributed by atoms with E-state index < -0.39 is 0 Å². The minimum atomic E-state index is -0.210. The third kappa shape index (κ3) is 5.75. The predicted octanol–water partition coefficient (Wildman–Crippen LogP) is 2.86. The van der Waals surface area contributed by atoms with Crippen LogP contribution in [0.3, 0.4) is 0 Å². The van der Waals surface area contributed by atoms with E-state index >= 15 is 0 Å². The van der Waals surface area contributed by atoms with Gasteiger partial charge in [0, 0.05) is 10.6 Å². The highest BCUT2D eigenvalue weighted by molar-refractivity contribution is 6.30. The van der Waals surface area contributed by atoms with Crippen molar-refractivity contribution in [2.24, 2.45) is 5.92 Å². The van der Waals surface area contributed by atoms with E-state index in [-0.39, 0.29) is 23.8 Å². The number of methoxy groups -OCH3 is 1. The third-order valence-electron chi connectivity index (χ3n) is 5.80. The van der Waals surface area contributed by atoms with Crippen LogP contribution in [-0.4, -0.2) is 45.9 Å². The molecule has 2 atom stereocenters. The number of ether oxygens (including phenoxy) is 2. The lowest BCUT2D eigenvalue weighted by Gasteiger charge is -2.32. The van der Waals surface area contributed by atoms with Crippen molar-refractivity contribution in [3.8, 4) is 5.75 Å². The van der Waals surface area contributed by atoms with Crippen molar-refractivity contribution in [1.82, 2.24) is 5.32 Å². The molecule has 3 rings (SSSR count). The Morgan fingerprint density at radius 1 is 1.07 bits per heavy atom. The lowest BCUT2D eigenvalue weighted by molar-refractivity contribution is -0.937. The Labute approximate surface area is 184 Å². The van der Waals surface area contributed by atoms with Crippen molar-refractivity contribution in [2.75, 3.05) is 40.0 Å². The molecule has 0 unspecified atom stereocenters. The summed E-state index contributed by atoms with van der Waals surface area (Å²) in [5, 5.41) is 3.91. The van der Waals surface area contributed by atoms with Crippen molar-refractivity contribution < 1.29 is 19.2 Å². The highest BCUT2D eigenvalue weighted by Gasteiger charge is 2.29. The molecule has 1 saturated heterocycles. The molecular weight excluding hydrogens is 400 g/mol. The Kier molecular flexibility index (Phi) is 8.14. The van der Waals surface area contributed by atoms with E-state index in [2.05, 4.69) is 31.3 Å². The second-order valence-electron chi connectivity index (χ2n) is 8.11. The van der Waals surface area contributed by atoms with Gasteiger partial charge in [0.1, 0.15) is 24.9 Å². The molecule has 6 heteroatoms. The van der Waals surface area contributed by atoms with Crippen LogP contribution in [0.5, 0.6) is 5.75 Å². The minimum Gasteiger partial charge on any atom is -0.497 e. The Hall–Kier alpha value is -2.08. The summed E-state index contributed by atoms with van der Waals surface area (Å²) in [6.45, 7) is 8.08. The van der Waals surface area contributed by atoms with E-state index in [0.29, 0.717) is 11.6 Å². The molecule has 1 amide bonds. The molecule has 0 aromatic heterocycles. The summed E-state index contributed by atoms with van der Waals surface area (Å²) >= 11 is 6.03. The molecular formula is C24H32ClN2O3+. The van der Waals surface area contributed by atoms with Gasteiger partial charge >= 0.3 is 0 Å². The number of halogens is 1. The molecule has 1 aliphatic heterocycles. The van der Waals surface area contributed by atoms with Gasteiger partial charge in [-0.2, -0.15) is 0 Å². The van der Waals surface area contributed by atoms with Crippen LogP contribution in [0.1, 0.15) is 36.9 Å². The number of rotatable bonds is 8. The topological polar surface area (TPSA) is 52.0 Å². The lowest BCUT2D eigenvalue weighted by atomic mass is 9.87. The van der Waals surface area contributed by atoms with E-state index in [4.69, 9.17) is 21.1 Å². The molecule has 2 aromatic carbocycles. The van der Waals surface area contributed by atoms with E-state index in [1.165, 1.54) is 10.5 Å². The zero-order chi connectivity index (χ0) is 21.5. The number of morpholine rings is 1. The van der Waals surface area contributed by atoms with E-state index in [1.807, 2.05) is 36.4 Å². The van der Waals surface area contributed by atoms with Crippen molar-refractivity contribution in [3.63, 3.8) is 0 Å². The number of nitrogens with one attached hydrogen (secondary N) is 2. The molecule has 0 aliphatic carbocycles. The smallest absolute Gasteiger partial charge is 0.228 e. The molecule has 1 fully saturated rings. The lowest BCUT2D eigenvalue weighted by Crippen LogP contribution is -3.15. The molecule has 1 heterocycles. The second-order valence-corrected chi connectivity index (χ2v) is 8.55. The quantitative estimate of drug-likeness (QED) is 0.675. The largest absolute Gasteiger partial charge is 0.497 e. The van der Waals surface area contributed by atoms with Crippen LogP contribution in [-0.2, 0) is 9.53 Å². The molecule has 30 heavy (non-hydrogen) atoms. The predicted molar refractivity (Wildman–Crippen MR) is 119 cm³/mol. The third-order valence-corrected chi connectivity index (χ3v) is 6.06. The van der Waals surface area contributed by atoms with Crippen LogP contribution in [0.15, 0.2) is 48.5 Å². The molecule has 2 N–H and O–H groups in total. The maximum absolute atomic E-state index is 13.2. The van der Waals surface area contributed by atoms with Crippen LogP contribution in [0.2, 0.25) is 5.02 Å². The molecule has 0 spiro atoms. The Morgan fingerprint density at radius 2 is 1.67 bits per heavy atom. The van der Waals surface area contributed by atoms with Crippen LogP contribution >= 0.6 is 11.6 Å². The standard InChI is InChI=1S/C24H31ClN2O3/c1-17(2)23(19-4-8-20(25)9-5-19)24(28)26-16-22(27-12-14-30-15-13-27)18-6-10-21(29-3)11-7-18/h4-11,17,22-23H,12-16H2,1-3H3,(H,26,28)/p+1/t22-,23-/m0/s1. The molecule has 0 bridgehead atoms. The van der Waals surface area contributed by atoms with Crippen molar-refractivity contribution in [2.45, 2.75) is 25.8 Å². The molecule has 162 valence electrons. The minimum absolute atomic E-state index is 0.0542. The van der Waals surface area contributed by atoms with Gasteiger partial charge in [-0.3, -0.25) is 4.79 Å². The zero-order valence-corrected chi connectivity index (χ0v) is 18.7. The summed E-state index contributed by atoms with van der Waals surface area (Å²) in [5.74, 6) is 0.861. The fraction of sp³-hybridized carbons (Fsp3) is 0.458. The highest BCUT2D eigenvalue weighted by atomic mass is 35.5. The first-order chi connectivity index (χ1) is 14.5. The summed E-state index contributed by atoms with van der Waals surface area (Å²) in [7, 11) is 1.67. The van der Waals surface area contributed by atoms with Crippen LogP contribution in [0.4, 0.5) is 0 Å². The van der Waals surface area contributed by atoms with Gasteiger partial charge < -0.3 is 19.7 Å². The SMILES string of the molecule is COc1ccc([C@H](CNC(=O)[C@H](c2ccc(Cl)cc2)C(C)C)[NH+]2CCOCC2)cc1. The van der Waals surface area contributed by atoms with Gasteiger partial charge in [-0.1, -0.05) is 37.6 Å². The zero-order valence-electron chi connectivity index (χ0n) is 18.0. The monoisotopic (exact) mass is 431 g/mol. The van der Waals surface area contributed by atoms with Crippen LogP contribution in [0, 0.1) is 5.92 Å². The number of carbonyl (C=O) groups excluding carboxylic acids is 1. The maximum atomic E-state index is 13.2. The first kappa shape index (κ1) is 22.6. The molecule has 0 radical (unpaired) electrons. The van der Waals surface area contributed by atoms with Gasteiger partial charge in [-0.15, -0.1) is 0 Å². The number of quaternary nitrogens is 1. The van der Waals surface area contributed by atoms with Gasteiger partial charge in [-0.25, -0.2) is 0 Å².